The molecule has 0 aromatic heterocycles. The van der Waals surface area contributed by atoms with Gasteiger partial charge < -0.3 is 24.8 Å². The predicted octanol–water partition coefficient (Wildman–Crippen LogP) is 1.27. The third-order valence-corrected chi connectivity index (χ3v) is 3.87. The molecule has 0 atom stereocenters. The van der Waals surface area contributed by atoms with Crippen LogP contribution in [0.4, 0.5) is 9.59 Å². The minimum absolute atomic E-state index is 0.0845. The second kappa shape index (κ2) is 16.8. The van der Waals surface area contributed by atoms with E-state index in [1.54, 1.807) is 34.6 Å². The molecule has 33 heavy (non-hydrogen) atoms. The molecular formula is C21H37N3O9. The highest BCUT2D eigenvalue weighted by Gasteiger charge is 2.22. The molecule has 0 radical (unpaired) electrons. The maximum Gasteiger partial charge on any atom is 0.407 e. The number of hydroxylamine groups is 1. The molecule has 12 heteroatoms. The largest absolute Gasteiger partial charge is 0.447 e. The molecule has 0 heterocycles. The van der Waals surface area contributed by atoms with Gasteiger partial charge in [0.1, 0.15) is 31.7 Å². The van der Waals surface area contributed by atoms with Crippen LogP contribution in [0.2, 0.25) is 0 Å². The molecule has 0 bridgehead atoms. The molecule has 0 spiro atoms. The molecule has 12 nitrogen and oxygen atoms in total. The number of amides is 3. The average molecular weight is 476 g/mol. The number of nitrogens with one attached hydrogen (secondary N) is 3. The third kappa shape index (κ3) is 16.5. The first-order valence-electron chi connectivity index (χ1n) is 10.9. The molecule has 0 rings (SSSR count). The van der Waals surface area contributed by atoms with Crippen molar-refractivity contribution in [3.8, 4) is 0 Å². The Balaban J connectivity index is 4.26. The number of carbonyl (C=O) groups excluding carboxylic acids is 5. The van der Waals surface area contributed by atoms with Crippen molar-refractivity contribution in [2.75, 3.05) is 39.5 Å². The summed E-state index contributed by atoms with van der Waals surface area (Å²) in [7, 11) is 0. The molecule has 3 N–H and O–H groups in total. The number of Topliss-reactive ketones (excluding diaryl/α,β-unsaturated/α-hetero) is 2. The lowest BCUT2D eigenvalue weighted by atomic mass is 9.96. The number of hydrogen-bond donors (Lipinski definition) is 3. The van der Waals surface area contributed by atoms with Gasteiger partial charge in [-0.1, -0.05) is 20.8 Å². The zero-order chi connectivity index (χ0) is 25.3. The molecular weight excluding hydrogens is 438 g/mol. The quantitative estimate of drug-likeness (QED) is 0.170. The second-order valence-corrected chi connectivity index (χ2v) is 8.08. The number of hydrogen-bond acceptors (Lipinski definition) is 9. The zero-order valence-electron chi connectivity index (χ0n) is 20.1. The predicted molar refractivity (Wildman–Crippen MR) is 117 cm³/mol. The van der Waals surface area contributed by atoms with Crippen molar-refractivity contribution in [3.05, 3.63) is 0 Å². The lowest BCUT2D eigenvalue weighted by Crippen LogP contribution is -2.36. The first-order chi connectivity index (χ1) is 15.5. The van der Waals surface area contributed by atoms with Crippen LogP contribution in [0.25, 0.3) is 0 Å². The lowest BCUT2D eigenvalue weighted by Gasteiger charge is -2.18. The highest BCUT2D eigenvalue weighted by atomic mass is 16.7. The van der Waals surface area contributed by atoms with Crippen molar-refractivity contribution in [2.45, 2.75) is 60.0 Å². The number of alkyl carbamates (subject to hydrolysis) is 2. The normalized spacial score (nSPS) is 11.0. The van der Waals surface area contributed by atoms with E-state index in [9.17, 15) is 24.0 Å². The molecule has 0 saturated heterocycles. The van der Waals surface area contributed by atoms with Crippen LogP contribution in [0.1, 0.15) is 53.9 Å². The summed E-state index contributed by atoms with van der Waals surface area (Å²) in [5.41, 5.74) is 1.52. The van der Waals surface area contributed by atoms with Crippen LogP contribution in [-0.2, 0) is 33.4 Å². The monoisotopic (exact) mass is 475 g/mol. The summed E-state index contributed by atoms with van der Waals surface area (Å²) >= 11 is 0. The van der Waals surface area contributed by atoms with E-state index >= 15 is 0 Å². The van der Waals surface area contributed by atoms with Crippen LogP contribution >= 0.6 is 0 Å². The maximum atomic E-state index is 12.0. The van der Waals surface area contributed by atoms with E-state index in [4.69, 9.17) is 19.0 Å². The molecule has 0 aliphatic carbocycles. The van der Waals surface area contributed by atoms with Crippen molar-refractivity contribution in [1.29, 1.82) is 0 Å². The fraction of sp³-hybridized carbons (Fsp3) is 0.762. The Bertz CT molecular complexity index is 625. The molecule has 0 aliphatic heterocycles. The van der Waals surface area contributed by atoms with E-state index in [-0.39, 0.29) is 44.4 Å². The van der Waals surface area contributed by atoms with Gasteiger partial charge in [-0.05, 0) is 20.3 Å². The fourth-order valence-corrected chi connectivity index (χ4v) is 2.09. The summed E-state index contributed by atoms with van der Waals surface area (Å²) in [6.45, 7) is 8.80. The number of ether oxygens (including phenoxy) is 3. The number of carbonyl (C=O) groups is 5. The van der Waals surface area contributed by atoms with Crippen molar-refractivity contribution in [2.24, 2.45) is 5.41 Å². The minimum atomic E-state index is -0.716. The standard InChI is InChI=1S/C21H37N3O9/c1-6-22-19(28)31-13-17(14-32-20(29)23-7-2)30-10-8-9-15(25)11-16(26)12-33-24-18(27)21(3,4)5/h17H,6-14H2,1-5H3,(H,22,28)(H,23,29)(H,24,27). The summed E-state index contributed by atoms with van der Waals surface area (Å²) in [6, 6.07) is 0. The summed E-state index contributed by atoms with van der Waals surface area (Å²) in [5, 5.41) is 4.94. The Morgan fingerprint density at radius 1 is 0.848 bits per heavy atom. The number of rotatable bonds is 16. The van der Waals surface area contributed by atoms with Gasteiger partial charge in [0.2, 0.25) is 5.91 Å². The molecule has 0 saturated carbocycles. The van der Waals surface area contributed by atoms with E-state index in [0.29, 0.717) is 19.5 Å². The van der Waals surface area contributed by atoms with Crippen molar-refractivity contribution >= 4 is 29.7 Å². The van der Waals surface area contributed by atoms with Gasteiger partial charge in [0, 0.05) is 31.5 Å². The highest BCUT2D eigenvalue weighted by molar-refractivity contribution is 5.99. The zero-order valence-corrected chi connectivity index (χ0v) is 20.1. The summed E-state index contributed by atoms with van der Waals surface area (Å²) < 4.78 is 15.6. The molecule has 0 aromatic rings. The van der Waals surface area contributed by atoms with E-state index < -0.39 is 36.1 Å². The third-order valence-electron chi connectivity index (χ3n) is 3.87. The van der Waals surface area contributed by atoms with Crippen molar-refractivity contribution < 1.29 is 43.0 Å². The van der Waals surface area contributed by atoms with Gasteiger partial charge in [0.25, 0.3) is 0 Å². The first kappa shape index (κ1) is 30.3. The summed E-state index contributed by atoms with van der Waals surface area (Å²) in [5.74, 6) is -1.14. The Labute approximate surface area is 194 Å². The maximum absolute atomic E-state index is 12.0. The molecule has 0 fully saturated rings. The Kier molecular flexibility index (Phi) is 15.4. The van der Waals surface area contributed by atoms with E-state index in [0.717, 1.165) is 0 Å². The SMILES string of the molecule is CCNC(=O)OCC(COC(=O)NCC)OCCCC(=O)CC(=O)CONC(=O)C(C)(C)C. The van der Waals surface area contributed by atoms with E-state index in [1.165, 1.54) is 0 Å². The molecule has 0 unspecified atom stereocenters. The summed E-state index contributed by atoms with van der Waals surface area (Å²) in [4.78, 5) is 63.1. The molecule has 0 aromatic carbocycles. The Morgan fingerprint density at radius 2 is 1.39 bits per heavy atom. The smallest absolute Gasteiger partial charge is 0.407 e. The minimum Gasteiger partial charge on any atom is -0.447 e. The van der Waals surface area contributed by atoms with Crippen molar-refractivity contribution in [3.63, 3.8) is 0 Å². The highest BCUT2D eigenvalue weighted by Crippen LogP contribution is 2.12. The number of ketones is 2. The van der Waals surface area contributed by atoms with Crippen molar-refractivity contribution in [1.82, 2.24) is 16.1 Å². The first-order valence-corrected chi connectivity index (χ1v) is 10.9. The topological polar surface area (TPSA) is 158 Å². The van der Waals surface area contributed by atoms with Crippen LogP contribution in [0, 0.1) is 5.41 Å². The van der Waals surface area contributed by atoms with Gasteiger partial charge in [-0.15, -0.1) is 0 Å². The average Bonchev–Trinajstić information content (AvgIpc) is 2.72. The van der Waals surface area contributed by atoms with Crippen LogP contribution in [-0.4, -0.2) is 75.3 Å². The van der Waals surface area contributed by atoms with Gasteiger partial charge >= 0.3 is 12.2 Å². The lowest BCUT2D eigenvalue weighted by molar-refractivity contribution is -0.145. The van der Waals surface area contributed by atoms with Gasteiger partial charge in [-0.2, -0.15) is 0 Å². The van der Waals surface area contributed by atoms with Crippen LogP contribution in [0.3, 0.4) is 0 Å². The van der Waals surface area contributed by atoms with Crippen LogP contribution in [0.15, 0.2) is 0 Å². The van der Waals surface area contributed by atoms with Gasteiger partial charge in [0.05, 0.1) is 6.42 Å². The van der Waals surface area contributed by atoms with Crippen LogP contribution in [0.5, 0.6) is 0 Å². The van der Waals surface area contributed by atoms with Gasteiger partial charge in [0.15, 0.2) is 5.78 Å². The summed E-state index contributed by atoms with van der Waals surface area (Å²) in [6.07, 6.45) is -1.90. The van der Waals surface area contributed by atoms with Gasteiger partial charge in [-0.25, -0.2) is 15.1 Å². The Morgan fingerprint density at radius 3 is 1.88 bits per heavy atom. The Hall–Kier alpha value is -2.73. The van der Waals surface area contributed by atoms with Crippen LogP contribution < -0.4 is 16.1 Å². The second-order valence-electron chi connectivity index (χ2n) is 8.08. The van der Waals surface area contributed by atoms with E-state index in [1.807, 2.05) is 0 Å². The van der Waals surface area contributed by atoms with Gasteiger partial charge in [-0.3, -0.25) is 19.2 Å². The fourth-order valence-electron chi connectivity index (χ4n) is 2.09. The van der Waals surface area contributed by atoms with E-state index in [2.05, 4.69) is 16.1 Å². The molecule has 0 aliphatic rings. The molecule has 190 valence electrons. The molecule has 3 amide bonds.